The molecular formula is C11H18N2O4. The van der Waals surface area contributed by atoms with Crippen LogP contribution >= 0.6 is 0 Å². The lowest BCUT2D eigenvalue weighted by Crippen LogP contribution is -2.58. The van der Waals surface area contributed by atoms with Crippen LogP contribution in [0.1, 0.15) is 26.2 Å². The summed E-state index contributed by atoms with van der Waals surface area (Å²) >= 11 is 0. The Morgan fingerprint density at radius 1 is 1.53 bits per heavy atom. The molecule has 1 saturated carbocycles. The zero-order valence-electron chi connectivity index (χ0n) is 9.86. The molecule has 3 atom stereocenters. The molecule has 0 spiro atoms. The number of hydrogen-bond acceptors (Lipinski definition) is 3. The molecule has 0 radical (unpaired) electrons. The van der Waals surface area contributed by atoms with Gasteiger partial charge in [0.25, 0.3) is 0 Å². The number of hydrogen-bond donors (Lipinski definition) is 3. The Kier molecular flexibility index (Phi) is 3.24. The van der Waals surface area contributed by atoms with Gasteiger partial charge in [0.2, 0.25) is 0 Å². The average molecular weight is 242 g/mol. The van der Waals surface area contributed by atoms with Crippen LogP contribution in [0.4, 0.5) is 4.79 Å². The number of carbonyl (C=O) groups excluding carboxylic acids is 1. The fraction of sp³-hybridized carbons (Fsp3) is 0.818. The van der Waals surface area contributed by atoms with Gasteiger partial charge >= 0.3 is 12.0 Å². The number of aliphatic carboxylic acids is 1. The molecule has 2 rings (SSSR count). The molecule has 96 valence electrons. The molecule has 2 fully saturated rings. The quantitative estimate of drug-likeness (QED) is 0.663. The van der Waals surface area contributed by atoms with Crippen molar-refractivity contribution in [2.24, 2.45) is 5.92 Å². The number of rotatable bonds is 4. The standard InChI is InChI=1S/C11H18N2O4/c1-2-7-5-8(7)12-10(16)13-11(9(14)15)3-4-17-6-11/h7-8H,2-6H2,1H3,(H,14,15)(H2,12,13,16). The molecule has 1 heterocycles. The molecule has 2 amide bonds. The Morgan fingerprint density at radius 3 is 2.76 bits per heavy atom. The Bertz CT molecular complexity index is 325. The summed E-state index contributed by atoms with van der Waals surface area (Å²) in [6, 6.07) is -0.202. The average Bonchev–Trinajstić information content (AvgIpc) is 2.83. The van der Waals surface area contributed by atoms with Gasteiger partial charge in [-0.05, 0) is 12.3 Å². The highest BCUT2D eigenvalue weighted by atomic mass is 16.5. The van der Waals surface area contributed by atoms with E-state index in [0.717, 1.165) is 12.8 Å². The number of carboxylic acids is 1. The summed E-state index contributed by atoms with van der Waals surface area (Å²) in [5.74, 6) is -0.491. The van der Waals surface area contributed by atoms with Crippen LogP contribution in [0.3, 0.4) is 0 Å². The molecule has 0 bridgehead atoms. The zero-order valence-corrected chi connectivity index (χ0v) is 9.86. The third kappa shape index (κ3) is 2.52. The first kappa shape index (κ1) is 12.2. The van der Waals surface area contributed by atoms with Crippen molar-refractivity contribution in [3.63, 3.8) is 0 Å². The second kappa shape index (κ2) is 4.52. The van der Waals surface area contributed by atoms with Crippen molar-refractivity contribution >= 4 is 12.0 Å². The van der Waals surface area contributed by atoms with Gasteiger partial charge in [-0.2, -0.15) is 0 Å². The molecular weight excluding hydrogens is 224 g/mol. The van der Waals surface area contributed by atoms with Gasteiger partial charge in [0.1, 0.15) is 0 Å². The van der Waals surface area contributed by atoms with Gasteiger partial charge in [-0.1, -0.05) is 13.3 Å². The maximum atomic E-state index is 11.7. The summed E-state index contributed by atoms with van der Waals surface area (Å²) in [6.45, 7) is 2.49. The molecule has 0 aromatic heterocycles. The van der Waals surface area contributed by atoms with Gasteiger partial charge in [-0.15, -0.1) is 0 Å². The van der Waals surface area contributed by atoms with Gasteiger partial charge in [0, 0.05) is 19.1 Å². The highest BCUT2D eigenvalue weighted by Gasteiger charge is 2.45. The van der Waals surface area contributed by atoms with Crippen molar-refractivity contribution in [1.82, 2.24) is 10.6 Å². The second-order valence-corrected chi connectivity index (χ2v) is 4.80. The monoisotopic (exact) mass is 242 g/mol. The van der Waals surface area contributed by atoms with Gasteiger partial charge in [0.05, 0.1) is 6.61 Å². The van der Waals surface area contributed by atoms with Gasteiger partial charge in [-0.25, -0.2) is 9.59 Å². The first-order valence-electron chi connectivity index (χ1n) is 5.97. The van der Waals surface area contributed by atoms with E-state index in [1.807, 2.05) is 0 Å². The Morgan fingerprint density at radius 2 is 2.29 bits per heavy atom. The lowest BCUT2D eigenvalue weighted by molar-refractivity contribution is -0.144. The summed E-state index contributed by atoms with van der Waals surface area (Å²) in [5, 5.41) is 14.5. The fourth-order valence-electron chi connectivity index (χ4n) is 2.18. The maximum absolute atomic E-state index is 11.7. The number of urea groups is 1. The predicted molar refractivity (Wildman–Crippen MR) is 59.7 cm³/mol. The lowest BCUT2D eigenvalue weighted by atomic mass is 9.99. The lowest BCUT2D eigenvalue weighted by Gasteiger charge is -2.23. The van der Waals surface area contributed by atoms with Gasteiger partial charge in [-0.3, -0.25) is 0 Å². The van der Waals surface area contributed by atoms with E-state index in [4.69, 9.17) is 9.84 Å². The highest BCUT2D eigenvalue weighted by molar-refractivity contribution is 5.86. The topological polar surface area (TPSA) is 87.7 Å². The van der Waals surface area contributed by atoms with Crippen molar-refractivity contribution in [2.45, 2.75) is 37.8 Å². The third-order valence-electron chi connectivity index (χ3n) is 3.55. The van der Waals surface area contributed by atoms with Crippen molar-refractivity contribution < 1.29 is 19.4 Å². The largest absolute Gasteiger partial charge is 0.479 e. The molecule has 0 aromatic carbocycles. The van der Waals surface area contributed by atoms with Crippen LogP contribution in [-0.4, -0.2) is 41.9 Å². The van der Waals surface area contributed by atoms with Crippen LogP contribution in [0.15, 0.2) is 0 Å². The van der Waals surface area contributed by atoms with Crippen molar-refractivity contribution in [3.8, 4) is 0 Å². The first-order chi connectivity index (χ1) is 8.07. The normalized spacial score (nSPS) is 35.4. The van der Waals surface area contributed by atoms with E-state index >= 15 is 0 Å². The van der Waals surface area contributed by atoms with Crippen molar-refractivity contribution in [2.75, 3.05) is 13.2 Å². The van der Waals surface area contributed by atoms with Crippen LogP contribution in [0.2, 0.25) is 0 Å². The molecule has 6 heteroatoms. The van der Waals surface area contributed by atoms with E-state index < -0.39 is 17.5 Å². The molecule has 17 heavy (non-hydrogen) atoms. The smallest absolute Gasteiger partial charge is 0.332 e. The summed E-state index contributed by atoms with van der Waals surface area (Å²) in [7, 11) is 0. The molecule has 2 aliphatic rings. The first-order valence-corrected chi connectivity index (χ1v) is 5.97. The summed E-state index contributed by atoms with van der Waals surface area (Å²) < 4.78 is 5.06. The van der Waals surface area contributed by atoms with Crippen LogP contribution in [-0.2, 0) is 9.53 Å². The van der Waals surface area contributed by atoms with Gasteiger partial charge < -0.3 is 20.5 Å². The summed E-state index contributed by atoms with van der Waals surface area (Å²) in [4.78, 5) is 22.8. The number of ether oxygens (including phenoxy) is 1. The zero-order chi connectivity index (χ0) is 12.5. The Labute approximate surface area is 99.7 Å². The maximum Gasteiger partial charge on any atom is 0.332 e. The SMILES string of the molecule is CCC1CC1NC(=O)NC1(C(=O)O)CCOC1. The van der Waals surface area contributed by atoms with Crippen molar-refractivity contribution in [1.29, 1.82) is 0 Å². The van der Waals surface area contributed by atoms with E-state index in [1.54, 1.807) is 0 Å². The van der Waals surface area contributed by atoms with E-state index in [2.05, 4.69) is 17.6 Å². The number of amides is 2. The second-order valence-electron chi connectivity index (χ2n) is 4.80. The third-order valence-corrected chi connectivity index (χ3v) is 3.55. The molecule has 1 aliphatic heterocycles. The van der Waals surface area contributed by atoms with E-state index in [-0.39, 0.29) is 12.6 Å². The molecule has 1 saturated heterocycles. The molecule has 0 aromatic rings. The van der Waals surface area contributed by atoms with E-state index in [0.29, 0.717) is 18.9 Å². The minimum absolute atomic E-state index is 0.0393. The number of nitrogens with one attached hydrogen (secondary N) is 2. The van der Waals surface area contributed by atoms with E-state index in [9.17, 15) is 9.59 Å². The van der Waals surface area contributed by atoms with E-state index in [1.165, 1.54) is 0 Å². The molecule has 1 aliphatic carbocycles. The number of carboxylic acid groups (broad SMARTS) is 1. The predicted octanol–water partition coefficient (Wildman–Crippen LogP) is 0.328. The molecule has 6 nitrogen and oxygen atoms in total. The fourth-order valence-corrected chi connectivity index (χ4v) is 2.18. The Balaban J connectivity index is 1.86. The minimum Gasteiger partial charge on any atom is -0.479 e. The highest BCUT2D eigenvalue weighted by Crippen LogP contribution is 2.33. The minimum atomic E-state index is -1.25. The Hall–Kier alpha value is -1.30. The van der Waals surface area contributed by atoms with Crippen LogP contribution < -0.4 is 10.6 Å². The van der Waals surface area contributed by atoms with Crippen molar-refractivity contribution in [3.05, 3.63) is 0 Å². The van der Waals surface area contributed by atoms with Crippen LogP contribution in [0, 0.1) is 5.92 Å². The number of carbonyl (C=O) groups is 2. The molecule has 3 N–H and O–H groups in total. The van der Waals surface area contributed by atoms with Gasteiger partial charge in [0.15, 0.2) is 5.54 Å². The summed E-state index contributed by atoms with van der Waals surface area (Å²) in [5.41, 5.74) is -1.25. The molecule has 3 unspecified atom stereocenters. The van der Waals surface area contributed by atoms with Crippen LogP contribution in [0.5, 0.6) is 0 Å². The summed E-state index contributed by atoms with van der Waals surface area (Å²) in [6.07, 6.45) is 2.34. The van der Waals surface area contributed by atoms with Crippen LogP contribution in [0.25, 0.3) is 0 Å².